The van der Waals surface area contributed by atoms with E-state index in [1.54, 1.807) is 0 Å². The zero-order chi connectivity index (χ0) is 12.0. The maximum Gasteiger partial charge on any atom is 0.0477 e. The first kappa shape index (κ1) is 13.1. The maximum absolute atomic E-state index is 5.63. The van der Waals surface area contributed by atoms with Crippen LogP contribution in [-0.2, 0) is 0 Å². The fourth-order valence-electron chi connectivity index (χ4n) is 2.02. The van der Waals surface area contributed by atoms with Crippen molar-refractivity contribution in [2.45, 2.75) is 46.1 Å². The van der Waals surface area contributed by atoms with E-state index < -0.39 is 0 Å². The average Bonchev–Trinajstić information content (AvgIpc) is 2.31. The van der Waals surface area contributed by atoms with Gasteiger partial charge in [0.15, 0.2) is 0 Å². The summed E-state index contributed by atoms with van der Waals surface area (Å²) in [5.41, 5.74) is 5.28. The van der Waals surface area contributed by atoms with Crippen molar-refractivity contribution >= 4 is 0 Å². The van der Waals surface area contributed by atoms with Crippen LogP contribution in [0.5, 0.6) is 0 Å². The van der Waals surface area contributed by atoms with Gasteiger partial charge in [0.2, 0.25) is 0 Å². The van der Waals surface area contributed by atoms with Crippen LogP contribution < -0.4 is 11.3 Å². The van der Waals surface area contributed by atoms with Gasteiger partial charge in [-0.05, 0) is 30.4 Å². The lowest BCUT2D eigenvalue weighted by Gasteiger charge is -2.21. The third kappa shape index (κ3) is 3.58. The summed E-state index contributed by atoms with van der Waals surface area (Å²) in [6.45, 7) is 6.52. The van der Waals surface area contributed by atoms with Crippen molar-refractivity contribution in [3.63, 3.8) is 0 Å². The van der Waals surface area contributed by atoms with Crippen LogP contribution in [0, 0.1) is 12.8 Å². The zero-order valence-corrected chi connectivity index (χ0v) is 10.5. The Hall–Kier alpha value is -0.930. The molecule has 90 valence electrons. The molecule has 1 aromatic rings. The Bertz CT molecular complexity index is 308. The molecule has 0 saturated carbocycles. The van der Waals surface area contributed by atoms with E-state index in [0.717, 1.165) is 12.3 Å². The van der Waals surface area contributed by atoms with E-state index in [2.05, 4.69) is 37.2 Å². The molecule has 0 bridgehead atoms. The van der Waals surface area contributed by atoms with Crippen molar-refractivity contribution in [3.8, 4) is 0 Å². The van der Waals surface area contributed by atoms with Gasteiger partial charge in [-0.15, -0.1) is 0 Å². The van der Waals surface area contributed by atoms with Crippen LogP contribution in [0.2, 0.25) is 0 Å². The van der Waals surface area contributed by atoms with Gasteiger partial charge >= 0.3 is 0 Å². The number of pyridine rings is 1. The Morgan fingerprint density at radius 1 is 1.31 bits per heavy atom. The number of nitrogens with zero attached hydrogens (tertiary/aromatic N) is 1. The summed E-state index contributed by atoms with van der Waals surface area (Å²) in [6.07, 6.45) is 7.25. The van der Waals surface area contributed by atoms with E-state index in [4.69, 9.17) is 5.84 Å². The Balaban J connectivity index is 2.74. The van der Waals surface area contributed by atoms with Crippen LogP contribution in [0.15, 0.2) is 18.5 Å². The van der Waals surface area contributed by atoms with Gasteiger partial charge in [-0.1, -0.05) is 32.8 Å². The molecule has 1 heterocycles. The molecule has 1 rings (SSSR count). The van der Waals surface area contributed by atoms with Crippen molar-refractivity contribution in [2.75, 3.05) is 0 Å². The van der Waals surface area contributed by atoms with Gasteiger partial charge in [0.25, 0.3) is 0 Å². The lowest BCUT2D eigenvalue weighted by atomic mass is 9.92. The number of hydrogen-bond donors (Lipinski definition) is 2. The third-order valence-electron chi connectivity index (χ3n) is 3.22. The average molecular weight is 221 g/mol. The number of aromatic nitrogens is 1. The standard InChI is InChI=1S/C13H23N3/c1-4-11(5-2)7-13(16-14)12-6-10(3)8-15-9-12/h6,8-9,11,13,16H,4-5,7,14H2,1-3H3. The Kier molecular flexibility index (Phi) is 5.43. The summed E-state index contributed by atoms with van der Waals surface area (Å²) in [4.78, 5) is 4.22. The first-order valence-corrected chi connectivity index (χ1v) is 6.08. The highest BCUT2D eigenvalue weighted by atomic mass is 15.2. The normalized spacial score (nSPS) is 13.1. The number of nitrogens with one attached hydrogen (secondary N) is 1. The number of rotatable bonds is 6. The predicted octanol–water partition coefficient (Wildman–Crippen LogP) is 2.72. The quantitative estimate of drug-likeness (QED) is 0.573. The Morgan fingerprint density at radius 3 is 2.50 bits per heavy atom. The molecule has 0 fully saturated rings. The molecule has 1 aromatic heterocycles. The molecule has 0 radical (unpaired) electrons. The number of nitrogens with two attached hydrogens (primary N) is 1. The largest absolute Gasteiger partial charge is 0.271 e. The van der Waals surface area contributed by atoms with Gasteiger partial charge in [-0.2, -0.15) is 0 Å². The molecular formula is C13H23N3. The van der Waals surface area contributed by atoms with Crippen molar-refractivity contribution in [2.24, 2.45) is 11.8 Å². The second-order valence-corrected chi connectivity index (χ2v) is 4.43. The SMILES string of the molecule is CCC(CC)CC(NN)c1cncc(C)c1. The molecule has 3 N–H and O–H groups in total. The second kappa shape index (κ2) is 6.61. The number of hydrazine groups is 1. The number of hydrogen-bond acceptors (Lipinski definition) is 3. The molecule has 0 spiro atoms. The fourth-order valence-corrected chi connectivity index (χ4v) is 2.02. The van der Waals surface area contributed by atoms with Crippen LogP contribution in [0.4, 0.5) is 0 Å². The monoisotopic (exact) mass is 221 g/mol. The maximum atomic E-state index is 5.63. The molecular weight excluding hydrogens is 198 g/mol. The molecule has 1 atom stereocenters. The van der Waals surface area contributed by atoms with Gasteiger partial charge in [-0.25, -0.2) is 0 Å². The Morgan fingerprint density at radius 2 is 2.00 bits per heavy atom. The van der Waals surface area contributed by atoms with Crippen LogP contribution in [0.3, 0.4) is 0 Å². The second-order valence-electron chi connectivity index (χ2n) is 4.43. The molecule has 0 aromatic carbocycles. The first-order valence-electron chi connectivity index (χ1n) is 6.08. The van der Waals surface area contributed by atoms with Gasteiger partial charge in [0, 0.05) is 18.4 Å². The van der Waals surface area contributed by atoms with Crippen molar-refractivity contribution in [3.05, 3.63) is 29.6 Å². The molecule has 3 heteroatoms. The van der Waals surface area contributed by atoms with E-state index >= 15 is 0 Å². The highest BCUT2D eigenvalue weighted by Gasteiger charge is 2.15. The minimum atomic E-state index is 0.220. The van der Waals surface area contributed by atoms with Crippen LogP contribution in [0.1, 0.15) is 50.3 Å². The highest BCUT2D eigenvalue weighted by Crippen LogP contribution is 2.24. The Labute approximate surface area is 98.4 Å². The molecule has 3 nitrogen and oxygen atoms in total. The summed E-state index contributed by atoms with van der Waals surface area (Å²) in [6, 6.07) is 2.37. The smallest absolute Gasteiger partial charge is 0.0477 e. The van der Waals surface area contributed by atoms with Crippen LogP contribution in [-0.4, -0.2) is 4.98 Å². The third-order valence-corrected chi connectivity index (χ3v) is 3.22. The van der Waals surface area contributed by atoms with Gasteiger partial charge in [0.1, 0.15) is 0 Å². The van der Waals surface area contributed by atoms with Gasteiger partial charge in [-0.3, -0.25) is 16.3 Å². The summed E-state index contributed by atoms with van der Waals surface area (Å²) in [7, 11) is 0. The van der Waals surface area contributed by atoms with Crippen molar-refractivity contribution < 1.29 is 0 Å². The van der Waals surface area contributed by atoms with E-state index in [1.807, 2.05) is 12.4 Å². The summed E-state index contributed by atoms with van der Waals surface area (Å²) in [5, 5.41) is 0. The molecule has 0 amide bonds. The lowest BCUT2D eigenvalue weighted by Crippen LogP contribution is -2.29. The minimum Gasteiger partial charge on any atom is -0.271 e. The molecule has 0 aliphatic carbocycles. The summed E-state index contributed by atoms with van der Waals surface area (Å²) in [5.74, 6) is 6.36. The molecule has 0 saturated heterocycles. The van der Waals surface area contributed by atoms with E-state index in [1.165, 1.54) is 24.0 Å². The zero-order valence-electron chi connectivity index (χ0n) is 10.5. The molecule has 1 unspecified atom stereocenters. The van der Waals surface area contributed by atoms with Gasteiger partial charge < -0.3 is 0 Å². The topological polar surface area (TPSA) is 50.9 Å². The van der Waals surface area contributed by atoms with Crippen LogP contribution in [0.25, 0.3) is 0 Å². The fraction of sp³-hybridized carbons (Fsp3) is 0.615. The van der Waals surface area contributed by atoms with E-state index in [9.17, 15) is 0 Å². The summed E-state index contributed by atoms with van der Waals surface area (Å²) < 4.78 is 0. The minimum absolute atomic E-state index is 0.220. The molecule has 0 aliphatic heterocycles. The lowest BCUT2D eigenvalue weighted by molar-refractivity contribution is 0.374. The summed E-state index contributed by atoms with van der Waals surface area (Å²) >= 11 is 0. The van der Waals surface area contributed by atoms with E-state index in [-0.39, 0.29) is 6.04 Å². The predicted molar refractivity (Wildman–Crippen MR) is 67.7 cm³/mol. The number of aryl methyl sites for hydroxylation is 1. The first-order chi connectivity index (χ1) is 7.71. The van der Waals surface area contributed by atoms with Crippen molar-refractivity contribution in [1.29, 1.82) is 0 Å². The van der Waals surface area contributed by atoms with E-state index in [0.29, 0.717) is 0 Å². The van der Waals surface area contributed by atoms with Crippen LogP contribution >= 0.6 is 0 Å². The van der Waals surface area contributed by atoms with Crippen molar-refractivity contribution in [1.82, 2.24) is 10.4 Å². The molecule has 0 aliphatic rings. The highest BCUT2D eigenvalue weighted by molar-refractivity contribution is 5.20. The molecule has 16 heavy (non-hydrogen) atoms. The van der Waals surface area contributed by atoms with Gasteiger partial charge in [0.05, 0.1) is 0 Å².